The summed E-state index contributed by atoms with van der Waals surface area (Å²) in [4.78, 5) is 12.2. The second-order valence-electron chi connectivity index (χ2n) is 3.62. The zero-order valence-electron chi connectivity index (χ0n) is 9.41. The maximum Gasteiger partial charge on any atom is 0.239 e. The molecule has 94 valence electrons. The number of halogens is 2. The highest BCUT2D eigenvalue weighted by atomic mass is 127. The number of sulfone groups is 1. The van der Waals surface area contributed by atoms with Gasteiger partial charge in [0, 0.05) is 5.56 Å². The molecule has 1 atom stereocenters. The topological polar surface area (TPSA) is 51.2 Å². The van der Waals surface area contributed by atoms with Crippen molar-refractivity contribution in [3.63, 3.8) is 0 Å². The first-order valence-electron chi connectivity index (χ1n) is 4.94. The number of carbonyl (C=O) groups excluding carboxylic acids is 1. The van der Waals surface area contributed by atoms with Gasteiger partial charge < -0.3 is 0 Å². The van der Waals surface area contributed by atoms with Crippen LogP contribution in [0.5, 0.6) is 0 Å². The average molecular weight is 431 g/mol. The third-order valence-corrected chi connectivity index (χ3v) is 8.38. The lowest BCUT2D eigenvalue weighted by molar-refractivity contribution is 0.101. The number of ketones is 1. The Balaban J connectivity index is 3.23. The van der Waals surface area contributed by atoms with E-state index in [4.69, 9.17) is 0 Å². The van der Waals surface area contributed by atoms with Gasteiger partial charge in [-0.25, -0.2) is 8.42 Å². The van der Waals surface area contributed by atoms with Crippen molar-refractivity contribution in [1.82, 2.24) is 0 Å². The van der Waals surface area contributed by atoms with Crippen molar-refractivity contribution in [2.24, 2.45) is 0 Å². The summed E-state index contributed by atoms with van der Waals surface area (Å²) in [5, 5.41) is 0. The normalized spacial score (nSPS) is 15.3. The van der Waals surface area contributed by atoms with Gasteiger partial charge in [-0.3, -0.25) is 4.79 Å². The van der Waals surface area contributed by atoms with Crippen molar-refractivity contribution in [2.75, 3.05) is 5.75 Å². The van der Waals surface area contributed by atoms with E-state index < -0.39 is 17.3 Å². The lowest BCUT2D eigenvalue weighted by Crippen LogP contribution is -2.35. The lowest BCUT2D eigenvalue weighted by Gasteiger charge is -2.18. The van der Waals surface area contributed by atoms with Crippen molar-refractivity contribution < 1.29 is 13.2 Å². The van der Waals surface area contributed by atoms with Crippen molar-refractivity contribution in [2.45, 2.75) is 15.5 Å². The third kappa shape index (κ3) is 3.08. The Bertz CT molecular complexity index is 537. The monoisotopic (exact) mass is 430 g/mol. The molecule has 0 heterocycles. The van der Waals surface area contributed by atoms with Crippen molar-refractivity contribution in [3.8, 4) is 0 Å². The highest BCUT2D eigenvalue weighted by Gasteiger charge is 2.45. The first-order valence-corrected chi connectivity index (χ1v) is 8.46. The van der Waals surface area contributed by atoms with Crippen LogP contribution in [0, 0.1) is 6.92 Å². The number of hydrogen-bond acceptors (Lipinski definition) is 3. The lowest BCUT2D eigenvalue weighted by atomic mass is 10.1. The number of alkyl halides is 2. The Hall–Kier alpha value is 0.0500. The minimum Gasteiger partial charge on any atom is -0.290 e. The van der Waals surface area contributed by atoms with Crippen LogP contribution in [0.4, 0.5) is 0 Å². The summed E-state index contributed by atoms with van der Waals surface area (Å²) in [5.41, 5.74) is 1.32. The second-order valence-corrected chi connectivity index (χ2v) is 11.6. The van der Waals surface area contributed by atoms with E-state index in [-0.39, 0.29) is 5.75 Å². The van der Waals surface area contributed by atoms with Gasteiger partial charge in [0.15, 0.2) is 9.84 Å². The molecule has 17 heavy (non-hydrogen) atoms. The molecule has 0 N–H and O–H groups in total. The summed E-state index contributed by atoms with van der Waals surface area (Å²) in [6.45, 7) is 3.38. The minimum atomic E-state index is -3.50. The fourth-order valence-electron chi connectivity index (χ4n) is 1.28. The minimum absolute atomic E-state index is 0.0846. The van der Waals surface area contributed by atoms with E-state index in [1.54, 1.807) is 40.8 Å². The molecule has 0 aliphatic carbocycles. The fourth-order valence-corrected chi connectivity index (χ4v) is 4.20. The van der Waals surface area contributed by atoms with Gasteiger partial charge in [-0.15, -0.1) is 0 Å². The Labute approximate surface area is 123 Å². The molecule has 0 aromatic heterocycles. The average Bonchev–Trinajstić information content (AvgIpc) is 2.27. The van der Waals surface area contributed by atoms with Gasteiger partial charge in [-0.2, -0.15) is 0 Å². The first-order chi connectivity index (χ1) is 7.72. The van der Waals surface area contributed by atoms with Crippen LogP contribution in [0.1, 0.15) is 22.8 Å². The molecule has 1 rings (SSSR count). The van der Waals surface area contributed by atoms with Crippen LogP contribution in [-0.4, -0.2) is 21.6 Å². The van der Waals surface area contributed by atoms with Crippen LogP contribution in [0.15, 0.2) is 24.3 Å². The number of carbonyl (C=O) groups is 1. The van der Waals surface area contributed by atoms with Crippen molar-refractivity contribution >= 4 is 54.1 Å². The zero-order chi connectivity index (χ0) is 13.3. The molecule has 0 saturated heterocycles. The van der Waals surface area contributed by atoms with Gasteiger partial charge in [-0.05, 0) is 51.5 Å². The highest BCUT2D eigenvalue weighted by Crippen LogP contribution is 2.37. The maximum atomic E-state index is 12.2. The summed E-state index contributed by atoms with van der Waals surface area (Å²) >= 11 is 4.68. The van der Waals surface area contributed by atoms with Crippen LogP contribution >= 0.6 is 38.5 Å². The highest BCUT2D eigenvalue weighted by molar-refractivity contribution is 14.1. The van der Waals surface area contributed by atoms with Crippen LogP contribution < -0.4 is 0 Å². The molecular weight excluding hydrogens is 419 g/mol. The van der Waals surface area contributed by atoms with Gasteiger partial charge >= 0.3 is 0 Å². The van der Waals surface area contributed by atoms with Crippen LogP contribution in [0.25, 0.3) is 0 Å². The van der Waals surface area contributed by atoms with E-state index in [1.165, 1.54) is 6.92 Å². The molecule has 0 radical (unpaired) electrons. The smallest absolute Gasteiger partial charge is 0.239 e. The largest absolute Gasteiger partial charge is 0.290 e. The van der Waals surface area contributed by atoms with E-state index in [9.17, 15) is 13.2 Å². The summed E-state index contributed by atoms with van der Waals surface area (Å²) in [6.07, 6.45) is 0. The van der Waals surface area contributed by atoms with Crippen molar-refractivity contribution in [3.05, 3.63) is 35.4 Å². The Morgan fingerprint density at radius 2 is 2.06 bits per heavy atom. The SMILES string of the molecule is CCS(=O)(=O)[C@](Br)(I)C(=O)c1cccc(C)c1. The molecule has 6 heteroatoms. The van der Waals surface area contributed by atoms with Crippen LogP contribution in [-0.2, 0) is 9.84 Å². The molecule has 1 aromatic rings. The Morgan fingerprint density at radius 1 is 1.47 bits per heavy atom. The molecule has 0 unspecified atom stereocenters. The number of rotatable bonds is 4. The van der Waals surface area contributed by atoms with Crippen LogP contribution in [0.3, 0.4) is 0 Å². The molecule has 0 spiro atoms. The maximum absolute atomic E-state index is 12.2. The van der Waals surface area contributed by atoms with Gasteiger partial charge in [0.1, 0.15) is 0 Å². The molecule has 1 aromatic carbocycles. The summed E-state index contributed by atoms with van der Waals surface area (Å²) < 4.78 is 22.1. The quantitative estimate of drug-likeness (QED) is 0.419. The van der Waals surface area contributed by atoms with Crippen LogP contribution in [0.2, 0.25) is 0 Å². The predicted octanol–water partition coefficient (Wildman–Crippen LogP) is 3.10. The van der Waals surface area contributed by atoms with E-state index in [0.29, 0.717) is 5.56 Å². The summed E-state index contributed by atoms with van der Waals surface area (Å²) in [5.74, 6) is -0.526. The second kappa shape index (κ2) is 5.36. The molecule has 0 bridgehead atoms. The fraction of sp³-hybridized carbons (Fsp3) is 0.364. The molecule has 0 aliphatic rings. The van der Waals surface area contributed by atoms with E-state index in [2.05, 4.69) is 15.9 Å². The molecule has 0 amide bonds. The first kappa shape index (κ1) is 15.1. The van der Waals surface area contributed by atoms with Gasteiger partial charge in [-0.1, -0.05) is 30.7 Å². The molecular formula is C11H12BrIO3S. The predicted molar refractivity (Wildman–Crippen MR) is 80.6 cm³/mol. The molecule has 0 saturated carbocycles. The molecule has 0 aliphatic heterocycles. The third-order valence-electron chi connectivity index (χ3n) is 2.32. The number of benzene rings is 1. The van der Waals surface area contributed by atoms with E-state index in [1.807, 2.05) is 13.0 Å². The summed E-state index contributed by atoms with van der Waals surface area (Å²) in [7, 11) is -3.50. The number of aryl methyl sites for hydroxylation is 1. The van der Waals surface area contributed by atoms with Gasteiger partial charge in [0.25, 0.3) is 0 Å². The van der Waals surface area contributed by atoms with Gasteiger partial charge in [0.2, 0.25) is 7.45 Å². The number of hydrogen-bond donors (Lipinski definition) is 0. The van der Waals surface area contributed by atoms with E-state index >= 15 is 0 Å². The summed E-state index contributed by atoms with van der Waals surface area (Å²) in [6, 6.07) is 6.90. The van der Waals surface area contributed by atoms with Gasteiger partial charge in [0.05, 0.1) is 5.75 Å². The molecule has 3 nitrogen and oxygen atoms in total. The van der Waals surface area contributed by atoms with Crippen molar-refractivity contribution in [1.29, 1.82) is 0 Å². The van der Waals surface area contributed by atoms with E-state index in [0.717, 1.165) is 5.56 Å². The molecule has 0 fully saturated rings. The Morgan fingerprint density at radius 3 is 2.53 bits per heavy atom. The standard InChI is InChI=1S/C11H12BrIO3S/c1-3-17(15,16)11(12,13)10(14)9-6-4-5-8(2)7-9/h4-7H,3H2,1-2H3/t11-/m1/s1. The zero-order valence-corrected chi connectivity index (χ0v) is 14.0. The Kier molecular flexibility index (Phi) is 4.76. The number of Topliss-reactive ketones (excluding diaryl/α,β-unsaturated/α-hetero) is 1.